The minimum absolute atomic E-state index is 0.220. The number of aliphatic hydroxyl groups is 1. The van der Waals surface area contributed by atoms with Gasteiger partial charge < -0.3 is 15.2 Å². The number of nitrogens with one attached hydrogen (secondary N) is 1. The number of likely N-dealkylation sites (tertiary alicyclic amines) is 1. The van der Waals surface area contributed by atoms with Crippen molar-refractivity contribution in [3.05, 3.63) is 65.3 Å². The predicted octanol–water partition coefficient (Wildman–Crippen LogP) is 4.45. The number of para-hydroxylation sites is 1. The molecule has 0 saturated carbocycles. The topological polar surface area (TPSA) is 109 Å². The molecule has 174 valence electrons. The number of thiazole rings is 1. The van der Waals surface area contributed by atoms with Gasteiger partial charge in [-0.2, -0.15) is 4.98 Å². The molecular weight excluding hydrogens is 474 g/mol. The number of anilines is 2. The number of rotatable bonds is 7. The van der Waals surface area contributed by atoms with E-state index in [0.717, 1.165) is 29.2 Å². The third kappa shape index (κ3) is 5.48. The van der Waals surface area contributed by atoms with Gasteiger partial charge in [-0.1, -0.05) is 35.1 Å². The molecule has 0 amide bonds. The van der Waals surface area contributed by atoms with E-state index < -0.39 is 0 Å². The van der Waals surface area contributed by atoms with Crippen LogP contribution in [0.2, 0.25) is 5.02 Å². The zero-order valence-corrected chi connectivity index (χ0v) is 19.9. The minimum atomic E-state index is -0.245. The van der Waals surface area contributed by atoms with Gasteiger partial charge in [0, 0.05) is 31.5 Å². The number of aliphatic hydroxyl groups excluding tert-OH is 1. The second-order valence-electron chi connectivity index (χ2n) is 7.93. The summed E-state index contributed by atoms with van der Waals surface area (Å²) < 4.78 is 5.80. The molecule has 0 radical (unpaired) electrons. The third-order valence-corrected chi connectivity index (χ3v) is 6.45. The maximum absolute atomic E-state index is 9.66. The molecule has 34 heavy (non-hydrogen) atoms. The van der Waals surface area contributed by atoms with E-state index in [2.05, 4.69) is 35.1 Å². The van der Waals surface area contributed by atoms with Crippen LogP contribution in [0.5, 0.6) is 11.8 Å². The molecule has 2 N–H and O–H groups in total. The summed E-state index contributed by atoms with van der Waals surface area (Å²) in [6.07, 6.45) is 5.74. The van der Waals surface area contributed by atoms with Crippen LogP contribution in [0.4, 0.5) is 10.9 Å². The Kier molecular flexibility index (Phi) is 6.63. The average Bonchev–Trinajstić information content (AvgIpc) is 3.45. The van der Waals surface area contributed by atoms with Gasteiger partial charge in [-0.3, -0.25) is 9.88 Å². The lowest BCUT2D eigenvalue weighted by atomic mass is 10.3. The summed E-state index contributed by atoms with van der Waals surface area (Å²) in [4.78, 5) is 25.3. The summed E-state index contributed by atoms with van der Waals surface area (Å²) in [6, 6.07) is 9.29. The van der Waals surface area contributed by atoms with Crippen molar-refractivity contribution in [2.45, 2.75) is 26.0 Å². The molecule has 1 fully saturated rings. The van der Waals surface area contributed by atoms with Gasteiger partial charge >= 0.3 is 6.01 Å². The summed E-state index contributed by atoms with van der Waals surface area (Å²) in [5, 5.41) is 14.0. The van der Waals surface area contributed by atoms with Gasteiger partial charge in [0.2, 0.25) is 0 Å². The van der Waals surface area contributed by atoms with Gasteiger partial charge in [-0.15, -0.1) is 0 Å². The first-order valence-corrected chi connectivity index (χ1v) is 11.9. The van der Waals surface area contributed by atoms with Crippen molar-refractivity contribution < 1.29 is 9.84 Å². The summed E-state index contributed by atoms with van der Waals surface area (Å²) in [5.74, 6) is 1.10. The molecule has 11 heteroatoms. The standard InChI is InChI=1S/C23H22ClN7O2S/c1-14-8-18(29-22(28-14)33-19-5-3-2-4-17(19)24)20-10-27-23(34-20)30-21-11-25-15(9-26-21)12-31-7-6-16(32)13-31/h2-5,8-11,16,32H,6-7,12-13H2,1H3,(H,26,27,30)/t16-/m1/s1. The number of nitrogens with zero attached hydrogens (tertiary/aromatic N) is 6. The van der Waals surface area contributed by atoms with Crippen molar-refractivity contribution in [1.82, 2.24) is 29.8 Å². The molecule has 1 atom stereocenters. The van der Waals surface area contributed by atoms with E-state index in [0.29, 0.717) is 40.5 Å². The molecule has 0 bridgehead atoms. The number of ether oxygens (including phenoxy) is 1. The lowest BCUT2D eigenvalue weighted by molar-refractivity contribution is 0.174. The molecule has 4 heterocycles. The van der Waals surface area contributed by atoms with Crippen LogP contribution >= 0.6 is 22.9 Å². The molecule has 4 aromatic rings. The van der Waals surface area contributed by atoms with E-state index in [9.17, 15) is 5.11 Å². The average molecular weight is 496 g/mol. The number of benzene rings is 1. The largest absolute Gasteiger partial charge is 0.423 e. The quantitative estimate of drug-likeness (QED) is 0.384. The number of hydrogen-bond acceptors (Lipinski definition) is 10. The number of halogens is 1. The van der Waals surface area contributed by atoms with Crippen molar-refractivity contribution in [1.29, 1.82) is 0 Å². The Hall–Kier alpha value is -3.18. The molecular formula is C23H22ClN7O2S. The molecule has 0 spiro atoms. The first-order valence-electron chi connectivity index (χ1n) is 10.7. The smallest absolute Gasteiger partial charge is 0.322 e. The highest BCUT2D eigenvalue weighted by molar-refractivity contribution is 7.18. The number of aryl methyl sites for hydroxylation is 1. The maximum atomic E-state index is 9.66. The summed E-state index contributed by atoms with van der Waals surface area (Å²) in [5.41, 5.74) is 2.33. The van der Waals surface area contributed by atoms with Crippen molar-refractivity contribution in [2.75, 3.05) is 18.4 Å². The summed E-state index contributed by atoms with van der Waals surface area (Å²) in [6.45, 7) is 4.11. The second-order valence-corrected chi connectivity index (χ2v) is 9.37. The van der Waals surface area contributed by atoms with Crippen LogP contribution < -0.4 is 10.1 Å². The zero-order chi connectivity index (χ0) is 23.5. The number of β-amino-alcohol motifs (C(OH)–C–C–N with tert-alkyl or cyclic N) is 1. The normalized spacial score (nSPS) is 16.0. The van der Waals surface area contributed by atoms with Gasteiger partial charge in [0.15, 0.2) is 10.9 Å². The van der Waals surface area contributed by atoms with Gasteiger partial charge in [-0.25, -0.2) is 15.0 Å². The fourth-order valence-corrected chi connectivity index (χ4v) is 4.54. The Morgan fingerprint density at radius 1 is 1.18 bits per heavy atom. The zero-order valence-electron chi connectivity index (χ0n) is 18.3. The van der Waals surface area contributed by atoms with Crippen LogP contribution in [0, 0.1) is 6.92 Å². The van der Waals surface area contributed by atoms with Crippen molar-refractivity contribution in [2.24, 2.45) is 0 Å². The molecule has 0 unspecified atom stereocenters. The second kappa shape index (κ2) is 9.98. The SMILES string of the molecule is Cc1cc(-c2cnc(Nc3cnc(CN4CC[C@@H](O)C4)cn3)s2)nc(Oc2ccccc2Cl)n1. The van der Waals surface area contributed by atoms with Gasteiger partial charge in [0.25, 0.3) is 0 Å². The van der Waals surface area contributed by atoms with E-state index in [-0.39, 0.29) is 12.1 Å². The Balaban J connectivity index is 1.26. The van der Waals surface area contributed by atoms with Crippen LogP contribution in [0.25, 0.3) is 10.6 Å². The van der Waals surface area contributed by atoms with E-state index >= 15 is 0 Å². The first-order chi connectivity index (χ1) is 16.5. The van der Waals surface area contributed by atoms with Crippen LogP contribution in [0.3, 0.4) is 0 Å². The summed E-state index contributed by atoms with van der Waals surface area (Å²) in [7, 11) is 0. The van der Waals surface area contributed by atoms with Crippen molar-refractivity contribution >= 4 is 33.9 Å². The van der Waals surface area contributed by atoms with E-state index in [1.165, 1.54) is 11.3 Å². The predicted molar refractivity (Wildman–Crippen MR) is 131 cm³/mol. The molecule has 1 saturated heterocycles. The first kappa shape index (κ1) is 22.6. The lowest BCUT2D eigenvalue weighted by Crippen LogP contribution is -2.22. The highest BCUT2D eigenvalue weighted by atomic mass is 35.5. The Morgan fingerprint density at radius 2 is 2.06 bits per heavy atom. The highest BCUT2D eigenvalue weighted by Gasteiger charge is 2.20. The van der Waals surface area contributed by atoms with Crippen molar-refractivity contribution in [3.8, 4) is 22.3 Å². The monoisotopic (exact) mass is 495 g/mol. The Morgan fingerprint density at radius 3 is 2.82 bits per heavy atom. The van der Waals surface area contributed by atoms with Crippen LogP contribution in [-0.2, 0) is 6.54 Å². The number of hydrogen-bond donors (Lipinski definition) is 2. The van der Waals surface area contributed by atoms with Crippen molar-refractivity contribution in [3.63, 3.8) is 0 Å². The highest BCUT2D eigenvalue weighted by Crippen LogP contribution is 2.32. The van der Waals surface area contributed by atoms with Gasteiger partial charge in [0.05, 0.1) is 39.8 Å². The van der Waals surface area contributed by atoms with E-state index in [1.807, 2.05) is 25.1 Å². The molecule has 1 aliphatic rings. The van der Waals surface area contributed by atoms with E-state index in [4.69, 9.17) is 16.3 Å². The minimum Gasteiger partial charge on any atom is -0.423 e. The maximum Gasteiger partial charge on any atom is 0.322 e. The Bertz CT molecular complexity index is 1280. The van der Waals surface area contributed by atoms with E-state index in [1.54, 1.807) is 30.7 Å². The molecule has 9 nitrogen and oxygen atoms in total. The Labute approximate surface area is 205 Å². The van der Waals surface area contributed by atoms with Gasteiger partial charge in [0.1, 0.15) is 5.75 Å². The molecule has 1 aliphatic heterocycles. The fourth-order valence-electron chi connectivity index (χ4n) is 3.58. The lowest BCUT2D eigenvalue weighted by Gasteiger charge is -2.13. The molecule has 1 aromatic carbocycles. The number of aromatic nitrogens is 5. The van der Waals surface area contributed by atoms with Crippen LogP contribution in [0.15, 0.2) is 48.9 Å². The van der Waals surface area contributed by atoms with Crippen LogP contribution in [-0.4, -0.2) is 54.1 Å². The van der Waals surface area contributed by atoms with Gasteiger partial charge in [-0.05, 0) is 31.5 Å². The molecule has 5 rings (SSSR count). The third-order valence-electron chi connectivity index (χ3n) is 5.20. The fraction of sp³-hybridized carbons (Fsp3) is 0.261. The summed E-state index contributed by atoms with van der Waals surface area (Å²) >= 11 is 7.63. The molecule has 3 aromatic heterocycles. The van der Waals surface area contributed by atoms with Crippen LogP contribution in [0.1, 0.15) is 17.8 Å². The molecule has 0 aliphatic carbocycles.